The Morgan fingerprint density at radius 1 is 0.952 bits per heavy atom. The maximum absolute atomic E-state index is 14.4. The predicted octanol–water partition coefficient (Wildman–Crippen LogP) is 4.13. The first-order valence-corrected chi connectivity index (χ1v) is 14.5. The van der Waals surface area contributed by atoms with E-state index in [-0.39, 0.29) is 37.1 Å². The molecule has 222 valence electrons. The van der Waals surface area contributed by atoms with Gasteiger partial charge in [0.2, 0.25) is 0 Å². The van der Waals surface area contributed by atoms with Crippen LogP contribution in [0.15, 0.2) is 72.8 Å². The lowest BCUT2D eigenvalue weighted by Crippen LogP contribution is -2.58. The molecule has 3 aromatic carbocycles. The first-order chi connectivity index (χ1) is 20.6. The van der Waals surface area contributed by atoms with Crippen molar-refractivity contribution in [3.05, 3.63) is 95.1 Å². The van der Waals surface area contributed by atoms with Crippen LogP contribution < -0.4 is 20.3 Å². The average Bonchev–Trinajstić information content (AvgIpc) is 3.04. The molecule has 0 bridgehead atoms. The number of aliphatic hydroxyl groups is 1. The number of methoxy groups -OCH3 is 2. The first kappa shape index (κ1) is 29.6. The molecular weight excluding hydrogens is 534 g/mol. The molecule has 1 saturated carbocycles. The molecular formula is C33H39N3O6. The Morgan fingerprint density at radius 2 is 1.71 bits per heavy atom. The van der Waals surface area contributed by atoms with E-state index in [1.807, 2.05) is 65.6 Å². The number of carbonyl (C=O) groups is 2. The Hall–Kier alpha value is -3.92. The summed E-state index contributed by atoms with van der Waals surface area (Å²) in [7, 11) is 3.16. The Bertz CT molecular complexity index is 1370. The second-order valence-electron chi connectivity index (χ2n) is 10.7. The van der Waals surface area contributed by atoms with Gasteiger partial charge in [-0.2, -0.15) is 0 Å². The molecule has 1 aliphatic carbocycles. The van der Waals surface area contributed by atoms with Crippen molar-refractivity contribution in [1.82, 2.24) is 15.7 Å². The zero-order chi connectivity index (χ0) is 29.5. The van der Waals surface area contributed by atoms with E-state index >= 15 is 0 Å². The van der Waals surface area contributed by atoms with Crippen LogP contribution in [0.4, 0.5) is 0 Å². The minimum absolute atomic E-state index is 0.000481. The lowest BCUT2D eigenvalue weighted by atomic mass is 9.76. The molecule has 5 rings (SSSR count). The van der Waals surface area contributed by atoms with Crippen molar-refractivity contribution in [2.24, 2.45) is 0 Å². The smallest absolute Gasteiger partial charge is 0.255 e. The molecule has 2 amide bonds. The molecule has 9 heteroatoms. The highest BCUT2D eigenvalue weighted by molar-refractivity contribution is 6.01. The Kier molecular flexibility index (Phi) is 9.74. The fourth-order valence-corrected chi connectivity index (χ4v) is 6.35. The monoisotopic (exact) mass is 573 g/mol. The van der Waals surface area contributed by atoms with Gasteiger partial charge in [-0.1, -0.05) is 61.4 Å². The summed E-state index contributed by atoms with van der Waals surface area (Å²) >= 11 is 0. The molecule has 42 heavy (non-hydrogen) atoms. The highest BCUT2D eigenvalue weighted by Crippen LogP contribution is 2.48. The van der Waals surface area contributed by atoms with Crippen molar-refractivity contribution in [3.63, 3.8) is 0 Å². The predicted molar refractivity (Wildman–Crippen MR) is 158 cm³/mol. The molecule has 0 spiro atoms. The minimum atomic E-state index is -0.780. The molecule has 1 heterocycles. The topological polar surface area (TPSA) is 109 Å². The maximum Gasteiger partial charge on any atom is 0.255 e. The van der Waals surface area contributed by atoms with Crippen molar-refractivity contribution >= 4 is 11.8 Å². The van der Waals surface area contributed by atoms with Gasteiger partial charge in [-0.15, -0.1) is 0 Å². The maximum atomic E-state index is 14.4. The fraction of sp³-hybridized carbons (Fsp3) is 0.394. The molecule has 1 aliphatic heterocycles. The van der Waals surface area contributed by atoms with Gasteiger partial charge in [-0.05, 0) is 42.2 Å². The zero-order valence-electron chi connectivity index (χ0n) is 24.1. The third-order valence-corrected chi connectivity index (χ3v) is 8.28. The third-order valence-electron chi connectivity index (χ3n) is 8.28. The number of hydrogen-bond donors (Lipinski definition) is 3. The molecule has 2 aliphatic rings. The third kappa shape index (κ3) is 6.13. The van der Waals surface area contributed by atoms with E-state index < -0.39 is 12.0 Å². The summed E-state index contributed by atoms with van der Waals surface area (Å²) in [5.41, 5.74) is 5.46. The van der Waals surface area contributed by atoms with E-state index in [2.05, 4.69) is 10.8 Å². The summed E-state index contributed by atoms with van der Waals surface area (Å²) in [5.74, 6) is -0.135. The number of benzene rings is 3. The van der Waals surface area contributed by atoms with Crippen molar-refractivity contribution in [2.75, 3.05) is 27.4 Å². The SMILES string of the molecule is COc1ccc(C2C(C(=O)NOCc3ccccc3)c3ccccc3C(=O)N2C2CCCCC2NCCO)c(OC)c1. The summed E-state index contributed by atoms with van der Waals surface area (Å²) < 4.78 is 11.3. The number of amides is 2. The van der Waals surface area contributed by atoms with Gasteiger partial charge >= 0.3 is 0 Å². The second kappa shape index (κ2) is 13.8. The van der Waals surface area contributed by atoms with Gasteiger partial charge in [-0.3, -0.25) is 14.4 Å². The van der Waals surface area contributed by atoms with Crippen molar-refractivity contribution in [2.45, 2.75) is 56.3 Å². The lowest BCUT2D eigenvalue weighted by molar-refractivity contribution is -0.138. The Balaban J connectivity index is 1.60. The van der Waals surface area contributed by atoms with E-state index in [1.165, 1.54) is 0 Å². The summed E-state index contributed by atoms with van der Waals surface area (Å²) in [6, 6.07) is 21.5. The number of hydroxylamine groups is 1. The fourth-order valence-electron chi connectivity index (χ4n) is 6.35. The Morgan fingerprint density at radius 3 is 2.48 bits per heavy atom. The summed E-state index contributed by atoms with van der Waals surface area (Å²) in [4.78, 5) is 36.2. The van der Waals surface area contributed by atoms with Gasteiger partial charge in [0.25, 0.3) is 11.8 Å². The number of ether oxygens (including phenoxy) is 2. The molecule has 9 nitrogen and oxygen atoms in total. The molecule has 1 fully saturated rings. The van der Waals surface area contributed by atoms with Crippen LogP contribution in [0.2, 0.25) is 0 Å². The number of carbonyl (C=O) groups excluding carboxylic acids is 2. The van der Waals surface area contributed by atoms with Crippen LogP contribution in [0.25, 0.3) is 0 Å². The van der Waals surface area contributed by atoms with Crippen LogP contribution in [0.3, 0.4) is 0 Å². The van der Waals surface area contributed by atoms with E-state index in [4.69, 9.17) is 14.3 Å². The van der Waals surface area contributed by atoms with Crippen LogP contribution in [-0.2, 0) is 16.2 Å². The quantitative estimate of drug-likeness (QED) is 0.296. The van der Waals surface area contributed by atoms with E-state index in [9.17, 15) is 14.7 Å². The zero-order valence-corrected chi connectivity index (χ0v) is 24.1. The van der Waals surface area contributed by atoms with Crippen molar-refractivity contribution < 1.29 is 29.0 Å². The Labute approximate surface area is 246 Å². The number of nitrogens with zero attached hydrogens (tertiary/aromatic N) is 1. The van der Waals surface area contributed by atoms with E-state index in [0.717, 1.165) is 31.2 Å². The van der Waals surface area contributed by atoms with Crippen LogP contribution >= 0.6 is 0 Å². The normalized spacial score (nSPS) is 21.9. The first-order valence-electron chi connectivity index (χ1n) is 14.5. The van der Waals surface area contributed by atoms with Crippen molar-refractivity contribution in [1.29, 1.82) is 0 Å². The molecule has 3 aromatic rings. The van der Waals surface area contributed by atoms with E-state index in [0.29, 0.717) is 34.7 Å². The van der Waals surface area contributed by atoms with Crippen molar-refractivity contribution in [3.8, 4) is 11.5 Å². The highest BCUT2D eigenvalue weighted by atomic mass is 16.6. The minimum Gasteiger partial charge on any atom is -0.497 e. The van der Waals surface area contributed by atoms with Crippen LogP contribution in [0.1, 0.15) is 64.7 Å². The van der Waals surface area contributed by atoms with Gasteiger partial charge in [0.1, 0.15) is 11.5 Å². The molecule has 3 N–H and O–H groups in total. The lowest BCUT2D eigenvalue weighted by Gasteiger charge is -2.49. The number of nitrogens with one attached hydrogen (secondary N) is 2. The summed E-state index contributed by atoms with van der Waals surface area (Å²) in [6.07, 6.45) is 3.60. The summed E-state index contributed by atoms with van der Waals surface area (Å²) in [5, 5.41) is 13.0. The molecule has 4 unspecified atom stereocenters. The second-order valence-corrected chi connectivity index (χ2v) is 10.7. The largest absolute Gasteiger partial charge is 0.497 e. The van der Waals surface area contributed by atoms with Gasteiger partial charge in [-0.25, -0.2) is 5.48 Å². The standard InChI is InChI=1S/C33H39N3O6/c1-40-23-16-17-26(29(20-23)41-2)31-30(32(38)35-42-21-22-10-4-3-5-11-22)24-12-6-7-13-25(24)33(39)36(31)28-15-9-8-14-27(28)34-18-19-37/h3-7,10-13,16-17,20,27-28,30-31,34,37H,8-9,14-15,18-19,21H2,1-2H3,(H,35,38). The van der Waals surface area contributed by atoms with E-state index in [1.54, 1.807) is 26.4 Å². The summed E-state index contributed by atoms with van der Waals surface area (Å²) in [6.45, 7) is 0.628. The van der Waals surface area contributed by atoms with Gasteiger partial charge in [0.05, 0.1) is 39.4 Å². The van der Waals surface area contributed by atoms with Gasteiger partial charge < -0.3 is 24.8 Å². The molecule has 0 saturated heterocycles. The molecule has 4 atom stereocenters. The molecule has 0 radical (unpaired) electrons. The van der Waals surface area contributed by atoms with Crippen LogP contribution in [-0.4, -0.2) is 61.3 Å². The highest BCUT2D eigenvalue weighted by Gasteiger charge is 2.49. The number of hydrogen-bond acceptors (Lipinski definition) is 7. The average molecular weight is 574 g/mol. The number of rotatable bonds is 11. The molecule has 0 aromatic heterocycles. The van der Waals surface area contributed by atoms with Gasteiger partial charge in [0, 0.05) is 35.8 Å². The number of aliphatic hydroxyl groups excluding tert-OH is 1. The van der Waals surface area contributed by atoms with Crippen LogP contribution in [0.5, 0.6) is 11.5 Å². The number of fused-ring (bicyclic) bond motifs is 1. The van der Waals surface area contributed by atoms with Crippen LogP contribution in [0, 0.1) is 0 Å². The van der Waals surface area contributed by atoms with Gasteiger partial charge in [0.15, 0.2) is 0 Å².